The van der Waals surface area contributed by atoms with Gasteiger partial charge in [0.05, 0.1) is 5.56 Å². The van der Waals surface area contributed by atoms with Crippen LogP contribution in [0.4, 0.5) is 13.2 Å². The van der Waals surface area contributed by atoms with Gasteiger partial charge in [0.15, 0.2) is 0 Å². The minimum atomic E-state index is -4.37. The summed E-state index contributed by atoms with van der Waals surface area (Å²) in [6.45, 7) is 1.65. The molecule has 7 heteroatoms. The summed E-state index contributed by atoms with van der Waals surface area (Å²) < 4.78 is 40.5. The lowest BCUT2D eigenvalue weighted by Gasteiger charge is -2.31. The monoisotopic (exact) mass is 404 g/mol. The van der Waals surface area contributed by atoms with Crippen molar-refractivity contribution in [3.63, 3.8) is 0 Å². The van der Waals surface area contributed by atoms with Gasteiger partial charge in [0, 0.05) is 17.9 Å². The number of alkyl halides is 3. The fraction of sp³-hybridized carbons (Fsp3) is 0.650. The minimum absolute atomic E-state index is 0. The minimum Gasteiger partial charge on any atom is -0.353 e. The fourth-order valence-corrected chi connectivity index (χ4v) is 4.32. The first kappa shape index (κ1) is 22.0. The third-order valence-corrected chi connectivity index (χ3v) is 5.72. The molecule has 3 nitrogen and oxygen atoms in total. The summed E-state index contributed by atoms with van der Waals surface area (Å²) in [5.74, 6) is -0.299. The first-order valence-electron chi connectivity index (χ1n) is 9.64. The first-order chi connectivity index (χ1) is 12.5. The van der Waals surface area contributed by atoms with E-state index in [2.05, 4.69) is 10.6 Å². The van der Waals surface area contributed by atoms with Crippen LogP contribution < -0.4 is 10.6 Å². The molecule has 2 aliphatic rings. The summed E-state index contributed by atoms with van der Waals surface area (Å²) in [7, 11) is 0. The number of benzene rings is 1. The Balaban J connectivity index is 0.00000261. The Morgan fingerprint density at radius 1 is 1.00 bits per heavy atom. The topological polar surface area (TPSA) is 41.1 Å². The molecule has 1 heterocycles. The van der Waals surface area contributed by atoms with Crippen LogP contribution in [0.2, 0.25) is 0 Å². The van der Waals surface area contributed by atoms with Crippen LogP contribution in [-0.4, -0.2) is 25.0 Å². The van der Waals surface area contributed by atoms with Gasteiger partial charge in [-0.25, -0.2) is 0 Å². The number of rotatable bonds is 3. The normalized spacial score (nSPS) is 24.6. The van der Waals surface area contributed by atoms with Crippen molar-refractivity contribution in [3.05, 3.63) is 35.4 Å². The van der Waals surface area contributed by atoms with Gasteiger partial charge >= 0.3 is 6.18 Å². The van der Waals surface area contributed by atoms with E-state index in [1.165, 1.54) is 6.07 Å². The fourth-order valence-electron chi connectivity index (χ4n) is 4.32. The Morgan fingerprint density at radius 3 is 2.37 bits per heavy atom. The van der Waals surface area contributed by atoms with E-state index < -0.39 is 11.7 Å². The molecule has 0 spiro atoms. The molecule has 1 saturated heterocycles. The molecule has 0 aromatic heterocycles. The Hall–Kier alpha value is -1.27. The molecule has 1 aromatic rings. The van der Waals surface area contributed by atoms with E-state index in [-0.39, 0.29) is 36.2 Å². The van der Waals surface area contributed by atoms with Crippen LogP contribution in [0.25, 0.3) is 0 Å². The maximum Gasteiger partial charge on any atom is 0.416 e. The van der Waals surface area contributed by atoms with Crippen molar-refractivity contribution in [1.82, 2.24) is 10.6 Å². The van der Waals surface area contributed by atoms with E-state index in [0.717, 1.165) is 57.7 Å². The molecule has 2 fully saturated rings. The Kier molecular flexibility index (Phi) is 7.98. The quantitative estimate of drug-likeness (QED) is 0.719. The van der Waals surface area contributed by atoms with Gasteiger partial charge in [0.2, 0.25) is 5.91 Å². The molecule has 1 amide bonds. The summed E-state index contributed by atoms with van der Waals surface area (Å²) in [4.78, 5) is 12.7. The highest BCUT2D eigenvalue weighted by Gasteiger charge is 2.38. The van der Waals surface area contributed by atoms with Crippen LogP contribution in [0.1, 0.15) is 62.0 Å². The van der Waals surface area contributed by atoms with Crippen molar-refractivity contribution < 1.29 is 18.0 Å². The van der Waals surface area contributed by atoms with Gasteiger partial charge in [-0.2, -0.15) is 13.2 Å². The molecule has 1 saturated carbocycles. The number of nitrogens with one attached hydrogen (secondary N) is 2. The Morgan fingerprint density at radius 2 is 1.67 bits per heavy atom. The van der Waals surface area contributed by atoms with E-state index in [1.54, 1.807) is 12.1 Å². The summed E-state index contributed by atoms with van der Waals surface area (Å²) >= 11 is 0. The number of piperidine rings is 1. The van der Waals surface area contributed by atoms with Gasteiger partial charge < -0.3 is 10.6 Å². The van der Waals surface area contributed by atoms with Crippen molar-refractivity contribution >= 4 is 18.3 Å². The molecular weight excluding hydrogens is 377 g/mol. The lowest BCUT2D eigenvalue weighted by Crippen LogP contribution is -2.45. The number of hydrogen-bond donors (Lipinski definition) is 2. The highest BCUT2D eigenvalue weighted by atomic mass is 35.5. The predicted molar refractivity (Wildman–Crippen MR) is 102 cm³/mol. The molecule has 1 aromatic carbocycles. The number of halogens is 4. The van der Waals surface area contributed by atoms with Crippen LogP contribution in [-0.2, 0) is 11.0 Å². The molecule has 1 aliphatic heterocycles. The third-order valence-electron chi connectivity index (χ3n) is 5.72. The van der Waals surface area contributed by atoms with Gasteiger partial charge in [-0.3, -0.25) is 4.79 Å². The van der Waals surface area contributed by atoms with Gasteiger partial charge in [0.25, 0.3) is 0 Å². The molecule has 2 N–H and O–H groups in total. The number of hydrogen-bond acceptors (Lipinski definition) is 2. The largest absolute Gasteiger partial charge is 0.416 e. The molecule has 1 aliphatic carbocycles. The van der Waals surface area contributed by atoms with Gasteiger partial charge in [-0.15, -0.1) is 12.4 Å². The first-order valence-corrected chi connectivity index (χ1v) is 9.64. The van der Waals surface area contributed by atoms with Crippen LogP contribution in [0.3, 0.4) is 0 Å². The molecule has 0 bridgehead atoms. The van der Waals surface area contributed by atoms with E-state index in [0.29, 0.717) is 12.0 Å². The molecule has 27 heavy (non-hydrogen) atoms. The number of amides is 1. The van der Waals surface area contributed by atoms with E-state index in [4.69, 9.17) is 0 Å². The van der Waals surface area contributed by atoms with Crippen molar-refractivity contribution in [2.75, 3.05) is 13.1 Å². The zero-order valence-electron chi connectivity index (χ0n) is 15.4. The second-order valence-corrected chi connectivity index (χ2v) is 7.47. The van der Waals surface area contributed by atoms with Crippen molar-refractivity contribution in [3.8, 4) is 0 Å². The summed E-state index contributed by atoms with van der Waals surface area (Å²) in [6, 6.07) is 5.63. The van der Waals surface area contributed by atoms with Gasteiger partial charge in [0.1, 0.15) is 0 Å². The summed E-state index contributed by atoms with van der Waals surface area (Å²) in [5.41, 5.74) is -0.231. The third kappa shape index (κ3) is 5.61. The second kappa shape index (κ2) is 9.78. The SMILES string of the molecule is Cl.O=C(NC1CCCCCC1c1ccccc1C(F)(F)F)C1CCNCC1. The van der Waals surface area contributed by atoms with Crippen LogP contribution >= 0.6 is 12.4 Å². The molecule has 2 atom stereocenters. The van der Waals surface area contributed by atoms with Crippen molar-refractivity contribution in [2.45, 2.75) is 63.1 Å². The summed E-state index contributed by atoms with van der Waals surface area (Å²) in [5, 5.41) is 6.36. The Labute approximate surface area is 164 Å². The average Bonchev–Trinajstić information content (AvgIpc) is 2.87. The smallest absolute Gasteiger partial charge is 0.353 e. The highest BCUT2D eigenvalue weighted by molar-refractivity contribution is 5.85. The average molecular weight is 405 g/mol. The van der Waals surface area contributed by atoms with Crippen LogP contribution in [0.5, 0.6) is 0 Å². The number of carbonyl (C=O) groups excluding carboxylic acids is 1. The van der Waals surface area contributed by atoms with Crippen molar-refractivity contribution in [1.29, 1.82) is 0 Å². The lowest BCUT2D eigenvalue weighted by atomic mass is 9.84. The standard InChI is InChI=1S/C20H27F3N2O.ClH/c21-20(22,23)17-8-5-4-6-15(17)16-7-2-1-3-9-18(16)25-19(26)14-10-12-24-13-11-14;/h4-6,8,14,16,18,24H,1-3,7,9-13H2,(H,25,26);1H. The van der Waals surface area contributed by atoms with Gasteiger partial charge in [-0.05, 0) is 50.4 Å². The van der Waals surface area contributed by atoms with E-state index in [9.17, 15) is 18.0 Å². The zero-order valence-corrected chi connectivity index (χ0v) is 16.2. The molecule has 0 radical (unpaired) electrons. The maximum atomic E-state index is 13.5. The molecule has 152 valence electrons. The van der Waals surface area contributed by atoms with Gasteiger partial charge in [-0.1, -0.05) is 37.5 Å². The molecule has 2 unspecified atom stereocenters. The van der Waals surface area contributed by atoms with E-state index >= 15 is 0 Å². The van der Waals surface area contributed by atoms with E-state index in [1.807, 2.05) is 0 Å². The summed E-state index contributed by atoms with van der Waals surface area (Å²) in [6.07, 6.45) is 1.50. The number of carbonyl (C=O) groups is 1. The Bertz CT molecular complexity index is 617. The molecule has 3 rings (SSSR count). The molecular formula is C20H28ClF3N2O. The highest BCUT2D eigenvalue weighted by Crippen LogP contribution is 2.40. The second-order valence-electron chi connectivity index (χ2n) is 7.47. The van der Waals surface area contributed by atoms with Crippen LogP contribution in [0.15, 0.2) is 24.3 Å². The predicted octanol–water partition coefficient (Wildman–Crippen LogP) is 4.66. The zero-order chi connectivity index (χ0) is 18.6. The lowest BCUT2D eigenvalue weighted by molar-refractivity contribution is -0.138. The van der Waals surface area contributed by atoms with Crippen LogP contribution in [0, 0.1) is 5.92 Å². The van der Waals surface area contributed by atoms with Crippen molar-refractivity contribution in [2.24, 2.45) is 5.92 Å². The maximum absolute atomic E-state index is 13.5.